The third kappa shape index (κ3) is 3.84. The third-order valence-electron chi connectivity index (χ3n) is 4.23. The van der Waals surface area contributed by atoms with Crippen molar-refractivity contribution in [2.75, 3.05) is 18.4 Å². The van der Waals surface area contributed by atoms with Crippen LogP contribution < -0.4 is 5.32 Å². The largest absolute Gasteiger partial charge is 0.339 e. The van der Waals surface area contributed by atoms with Crippen LogP contribution in [0, 0.1) is 11.6 Å². The van der Waals surface area contributed by atoms with E-state index in [1.807, 2.05) is 0 Å². The molecule has 0 radical (unpaired) electrons. The molecule has 0 atom stereocenters. The van der Waals surface area contributed by atoms with Crippen LogP contribution in [0.3, 0.4) is 0 Å². The summed E-state index contributed by atoms with van der Waals surface area (Å²) in [6.45, 7) is 1.40. The van der Waals surface area contributed by atoms with Crippen molar-refractivity contribution < 1.29 is 18.4 Å². The minimum absolute atomic E-state index is 0.0147. The van der Waals surface area contributed by atoms with Gasteiger partial charge < -0.3 is 10.2 Å². The van der Waals surface area contributed by atoms with Crippen molar-refractivity contribution in [1.82, 2.24) is 4.90 Å². The topological polar surface area (TPSA) is 49.4 Å². The second kappa shape index (κ2) is 7.42. The molecule has 1 fully saturated rings. The van der Waals surface area contributed by atoms with E-state index in [9.17, 15) is 18.4 Å². The highest BCUT2D eigenvalue weighted by molar-refractivity contribution is 6.09. The number of nitrogens with zero attached hydrogens (tertiary/aromatic N) is 1. The van der Waals surface area contributed by atoms with Crippen LogP contribution in [0.1, 0.15) is 40.0 Å². The van der Waals surface area contributed by atoms with Gasteiger partial charge in [-0.25, -0.2) is 8.78 Å². The molecule has 1 aliphatic heterocycles. The molecule has 3 rings (SSSR count). The van der Waals surface area contributed by atoms with Gasteiger partial charge in [-0.15, -0.1) is 0 Å². The Labute approximate surface area is 144 Å². The van der Waals surface area contributed by atoms with Crippen LogP contribution in [0.25, 0.3) is 0 Å². The number of anilines is 1. The molecule has 0 aliphatic carbocycles. The highest BCUT2D eigenvalue weighted by Gasteiger charge is 2.21. The summed E-state index contributed by atoms with van der Waals surface area (Å²) in [7, 11) is 0. The lowest BCUT2D eigenvalue weighted by Crippen LogP contribution is -2.36. The Morgan fingerprint density at radius 1 is 0.920 bits per heavy atom. The van der Waals surface area contributed by atoms with Crippen LogP contribution >= 0.6 is 0 Å². The summed E-state index contributed by atoms with van der Waals surface area (Å²) in [5.41, 5.74) is 0.729. The molecule has 0 aromatic heterocycles. The molecular formula is C19H18F2N2O2. The molecule has 0 spiro atoms. The standard InChI is InChI=1S/C19H18F2N2O2/c20-15-9-8-13(12-16(15)21)18(24)22-17-7-3-2-6-14(17)19(25)23-10-4-1-5-11-23/h2-3,6-9,12H,1,4-5,10-11H2,(H,22,24). The van der Waals surface area contributed by atoms with E-state index in [0.29, 0.717) is 24.3 Å². The zero-order valence-electron chi connectivity index (χ0n) is 13.6. The minimum Gasteiger partial charge on any atom is -0.339 e. The van der Waals surface area contributed by atoms with E-state index < -0.39 is 17.5 Å². The average molecular weight is 344 g/mol. The van der Waals surface area contributed by atoms with Crippen molar-refractivity contribution in [3.8, 4) is 0 Å². The molecule has 25 heavy (non-hydrogen) atoms. The number of nitrogens with one attached hydrogen (secondary N) is 1. The molecule has 0 unspecified atom stereocenters. The lowest BCUT2D eigenvalue weighted by Gasteiger charge is -2.27. The number of piperidine rings is 1. The monoisotopic (exact) mass is 344 g/mol. The molecule has 6 heteroatoms. The zero-order valence-corrected chi connectivity index (χ0v) is 13.6. The first-order valence-corrected chi connectivity index (χ1v) is 8.21. The number of benzene rings is 2. The van der Waals surface area contributed by atoms with Crippen LogP contribution in [0.15, 0.2) is 42.5 Å². The fourth-order valence-electron chi connectivity index (χ4n) is 2.88. The van der Waals surface area contributed by atoms with Gasteiger partial charge in [0.05, 0.1) is 11.3 Å². The van der Waals surface area contributed by atoms with E-state index in [-0.39, 0.29) is 11.5 Å². The Kier molecular flexibility index (Phi) is 5.07. The van der Waals surface area contributed by atoms with Gasteiger partial charge in [0.2, 0.25) is 0 Å². The molecular weight excluding hydrogens is 326 g/mol. The van der Waals surface area contributed by atoms with Crippen LogP contribution in [-0.4, -0.2) is 29.8 Å². The number of para-hydroxylation sites is 1. The maximum absolute atomic E-state index is 13.3. The van der Waals surface area contributed by atoms with Gasteiger partial charge in [0.25, 0.3) is 11.8 Å². The number of hydrogen-bond acceptors (Lipinski definition) is 2. The van der Waals surface area contributed by atoms with Crippen molar-refractivity contribution >= 4 is 17.5 Å². The molecule has 1 aliphatic rings. The summed E-state index contributed by atoms with van der Waals surface area (Å²) >= 11 is 0. The van der Waals surface area contributed by atoms with Gasteiger partial charge in [0, 0.05) is 18.7 Å². The molecule has 0 bridgehead atoms. The summed E-state index contributed by atoms with van der Waals surface area (Å²) in [5, 5.41) is 2.62. The van der Waals surface area contributed by atoms with Crippen LogP contribution in [0.4, 0.5) is 14.5 Å². The summed E-state index contributed by atoms with van der Waals surface area (Å²) < 4.78 is 26.3. The maximum atomic E-state index is 13.3. The zero-order chi connectivity index (χ0) is 17.8. The number of hydrogen-bond donors (Lipinski definition) is 1. The van der Waals surface area contributed by atoms with Gasteiger partial charge in [-0.1, -0.05) is 12.1 Å². The Morgan fingerprint density at radius 2 is 1.64 bits per heavy atom. The lowest BCUT2D eigenvalue weighted by molar-refractivity contribution is 0.0725. The Bertz CT molecular complexity index is 802. The molecule has 130 valence electrons. The van der Waals surface area contributed by atoms with Gasteiger partial charge >= 0.3 is 0 Å². The lowest BCUT2D eigenvalue weighted by atomic mass is 10.1. The maximum Gasteiger partial charge on any atom is 0.255 e. The van der Waals surface area contributed by atoms with E-state index in [1.165, 1.54) is 6.07 Å². The number of halogens is 2. The van der Waals surface area contributed by atoms with E-state index in [4.69, 9.17) is 0 Å². The molecule has 2 aromatic carbocycles. The molecule has 0 saturated carbocycles. The molecule has 1 heterocycles. The first kappa shape index (κ1) is 17.1. The molecule has 1 N–H and O–H groups in total. The van der Waals surface area contributed by atoms with E-state index in [1.54, 1.807) is 29.2 Å². The summed E-state index contributed by atoms with van der Waals surface area (Å²) in [4.78, 5) is 26.8. The second-order valence-corrected chi connectivity index (χ2v) is 5.98. The van der Waals surface area contributed by atoms with Crippen molar-refractivity contribution in [2.45, 2.75) is 19.3 Å². The number of carbonyl (C=O) groups is 2. The number of rotatable bonds is 3. The average Bonchev–Trinajstić information content (AvgIpc) is 2.64. The molecule has 1 saturated heterocycles. The van der Waals surface area contributed by atoms with Crippen LogP contribution in [-0.2, 0) is 0 Å². The summed E-state index contributed by atoms with van der Waals surface area (Å²) in [5.74, 6) is -2.85. The minimum atomic E-state index is -1.09. The first-order chi connectivity index (χ1) is 12.1. The van der Waals surface area contributed by atoms with Gasteiger partial charge in [-0.3, -0.25) is 9.59 Å². The second-order valence-electron chi connectivity index (χ2n) is 5.98. The highest BCUT2D eigenvalue weighted by atomic mass is 19.2. The van der Waals surface area contributed by atoms with Gasteiger partial charge in [0.1, 0.15) is 0 Å². The van der Waals surface area contributed by atoms with Crippen LogP contribution in [0.2, 0.25) is 0 Å². The smallest absolute Gasteiger partial charge is 0.255 e. The van der Waals surface area contributed by atoms with Crippen molar-refractivity contribution in [3.63, 3.8) is 0 Å². The summed E-state index contributed by atoms with van der Waals surface area (Å²) in [6, 6.07) is 9.63. The van der Waals surface area contributed by atoms with Gasteiger partial charge in [-0.2, -0.15) is 0 Å². The predicted octanol–water partition coefficient (Wildman–Crippen LogP) is 3.84. The quantitative estimate of drug-likeness (QED) is 0.920. The van der Waals surface area contributed by atoms with E-state index in [2.05, 4.69) is 5.32 Å². The van der Waals surface area contributed by atoms with Crippen molar-refractivity contribution in [3.05, 3.63) is 65.2 Å². The van der Waals surface area contributed by atoms with Crippen LogP contribution in [0.5, 0.6) is 0 Å². The fourth-order valence-corrected chi connectivity index (χ4v) is 2.88. The van der Waals surface area contributed by atoms with Crippen molar-refractivity contribution in [1.29, 1.82) is 0 Å². The van der Waals surface area contributed by atoms with Gasteiger partial charge in [-0.05, 0) is 49.6 Å². The first-order valence-electron chi connectivity index (χ1n) is 8.21. The Balaban J connectivity index is 1.81. The highest BCUT2D eigenvalue weighted by Crippen LogP contribution is 2.21. The molecule has 4 nitrogen and oxygen atoms in total. The SMILES string of the molecule is O=C(Nc1ccccc1C(=O)N1CCCCC1)c1ccc(F)c(F)c1. The fraction of sp³-hybridized carbons (Fsp3) is 0.263. The molecule has 2 aromatic rings. The van der Waals surface area contributed by atoms with Gasteiger partial charge in [0.15, 0.2) is 11.6 Å². The Hall–Kier alpha value is -2.76. The van der Waals surface area contributed by atoms with E-state index in [0.717, 1.165) is 31.4 Å². The predicted molar refractivity (Wildman–Crippen MR) is 90.5 cm³/mol. The third-order valence-corrected chi connectivity index (χ3v) is 4.23. The number of amides is 2. The number of likely N-dealkylation sites (tertiary alicyclic amines) is 1. The van der Waals surface area contributed by atoms with E-state index >= 15 is 0 Å². The van der Waals surface area contributed by atoms with Crippen molar-refractivity contribution in [2.24, 2.45) is 0 Å². The molecule has 2 amide bonds. The summed E-state index contributed by atoms with van der Waals surface area (Å²) in [6.07, 6.45) is 3.04. The number of carbonyl (C=O) groups excluding carboxylic acids is 2. The normalized spacial score (nSPS) is 14.2. The Morgan fingerprint density at radius 3 is 2.36 bits per heavy atom.